The van der Waals surface area contributed by atoms with Crippen LogP contribution in [0.25, 0.3) is 0 Å². The first-order chi connectivity index (χ1) is 9.35. The van der Waals surface area contributed by atoms with Crippen molar-refractivity contribution in [1.29, 1.82) is 0 Å². The van der Waals surface area contributed by atoms with Gasteiger partial charge in [0.1, 0.15) is 0 Å². The molecule has 0 spiro atoms. The third-order valence-electron chi connectivity index (χ3n) is 3.99. The lowest BCUT2D eigenvalue weighted by Gasteiger charge is -2.15. The minimum Gasteiger partial charge on any atom is -0.0782 e. The summed E-state index contributed by atoms with van der Waals surface area (Å²) in [6.07, 6.45) is 18.0. The van der Waals surface area contributed by atoms with Gasteiger partial charge < -0.3 is 0 Å². The van der Waals surface area contributed by atoms with Crippen molar-refractivity contribution in [2.45, 2.75) is 103 Å². The van der Waals surface area contributed by atoms with Crippen LogP contribution in [0.2, 0.25) is 5.82 Å². The zero-order chi connectivity index (χ0) is 14.2. The Hall–Kier alpha value is 0.195. The lowest BCUT2D eigenvalue weighted by molar-refractivity contribution is 0.537. The molecule has 106 valence electrons. The van der Waals surface area contributed by atoms with Crippen LogP contribution in [0, 0.1) is 0 Å². The fourth-order valence-electron chi connectivity index (χ4n) is 2.69. The largest absolute Gasteiger partial charge is 0.0782 e. The lowest BCUT2D eigenvalue weighted by Crippen LogP contribution is -2.12. The minimum absolute atomic E-state index is 0.734. The van der Waals surface area contributed by atoms with E-state index in [1.54, 1.807) is 7.06 Å². The van der Waals surface area contributed by atoms with Crippen molar-refractivity contribution < 1.29 is 0 Å². The van der Waals surface area contributed by atoms with Crippen LogP contribution in [0.5, 0.6) is 0 Å². The van der Waals surface area contributed by atoms with Gasteiger partial charge in [0.25, 0.3) is 0 Å². The zero-order valence-electron chi connectivity index (χ0n) is 13.5. The van der Waals surface area contributed by atoms with Crippen LogP contribution >= 0.6 is 0 Å². The van der Waals surface area contributed by atoms with Crippen LogP contribution in [-0.2, 0) is 0 Å². The summed E-state index contributed by atoms with van der Waals surface area (Å²) in [6, 6.07) is 0. The molecule has 0 aliphatic rings. The molecule has 0 aromatic rings. The van der Waals surface area contributed by atoms with Crippen molar-refractivity contribution in [2.75, 3.05) is 0 Å². The van der Waals surface area contributed by atoms with Crippen molar-refractivity contribution in [3.05, 3.63) is 0 Å². The first kappa shape index (κ1) is 19.2. The van der Waals surface area contributed by atoms with Gasteiger partial charge in [-0.15, -0.1) is 0 Å². The Morgan fingerprint density at radius 2 is 1.11 bits per heavy atom. The molecule has 0 aliphatic carbocycles. The van der Waals surface area contributed by atoms with Crippen molar-refractivity contribution >= 4 is 22.0 Å². The number of hydrogen-bond donors (Lipinski definition) is 0. The summed E-state index contributed by atoms with van der Waals surface area (Å²) in [5.41, 5.74) is 0. The highest BCUT2D eigenvalue weighted by molar-refractivity contribution is 7.24. The molecule has 0 N–H and O–H groups in total. The van der Waals surface area contributed by atoms with Gasteiger partial charge in [0, 0.05) is 14.8 Å². The zero-order valence-corrected chi connectivity index (χ0v) is 13.5. The maximum Gasteiger partial charge on any atom is 0.0587 e. The molecule has 0 aliphatic heterocycles. The predicted molar refractivity (Wildman–Crippen MR) is 92.4 cm³/mol. The molecule has 0 aromatic heterocycles. The van der Waals surface area contributed by atoms with Crippen molar-refractivity contribution in [3.63, 3.8) is 0 Å². The van der Waals surface area contributed by atoms with Gasteiger partial charge >= 0.3 is 0 Å². The van der Waals surface area contributed by atoms with E-state index in [0.717, 1.165) is 5.82 Å². The second-order valence-corrected chi connectivity index (χ2v) is 5.90. The Bertz CT molecular complexity index is 162. The van der Waals surface area contributed by atoms with Gasteiger partial charge in [0.2, 0.25) is 0 Å². The highest BCUT2D eigenvalue weighted by Gasteiger charge is 2.07. The van der Waals surface area contributed by atoms with Gasteiger partial charge in [-0.2, -0.15) is 0 Å². The van der Waals surface area contributed by atoms with Gasteiger partial charge in [-0.05, 0) is 0 Å². The van der Waals surface area contributed by atoms with Crippen molar-refractivity contribution in [3.8, 4) is 0 Å². The molecule has 1 unspecified atom stereocenters. The van der Waals surface area contributed by atoms with E-state index >= 15 is 0 Å². The number of unbranched alkanes of at least 4 members (excludes halogenated alkanes) is 9. The van der Waals surface area contributed by atoms with Crippen molar-refractivity contribution in [1.82, 2.24) is 0 Å². The fraction of sp³-hybridized carbons (Fsp3) is 1.00. The highest BCUT2D eigenvalue weighted by atomic mass is 14.0. The molecule has 3 heteroatoms. The van der Waals surface area contributed by atoms with Crippen LogP contribution in [-0.4, -0.2) is 22.0 Å². The van der Waals surface area contributed by atoms with Gasteiger partial charge in [-0.3, -0.25) is 0 Å². The van der Waals surface area contributed by atoms with Crippen LogP contribution < -0.4 is 0 Å². The topological polar surface area (TPSA) is 0 Å². The smallest absolute Gasteiger partial charge is 0.0587 e. The van der Waals surface area contributed by atoms with E-state index in [4.69, 9.17) is 7.74 Å². The van der Waals surface area contributed by atoms with E-state index in [0.29, 0.717) is 0 Å². The number of hydrogen-bond acceptors (Lipinski definition) is 0. The van der Waals surface area contributed by atoms with Gasteiger partial charge in [-0.1, -0.05) is 103 Å². The molecule has 0 fully saturated rings. The number of rotatable bonds is 15. The summed E-state index contributed by atoms with van der Waals surface area (Å²) >= 11 is 0. The molecule has 0 bridgehead atoms. The predicted octanol–water partition coefficient (Wildman–Crippen LogP) is 5.29. The third-order valence-corrected chi connectivity index (χ3v) is 3.99. The maximum absolute atomic E-state index is 5.57. The maximum atomic E-state index is 5.57. The van der Waals surface area contributed by atoms with Crippen LogP contribution in [0.3, 0.4) is 0 Å². The Balaban J connectivity index is 3.45. The van der Waals surface area contributed by atoms with Gasteiger partial charge in [0.05, 0.1) is 7.17 Å². The summed E-state index contributed by atoms with van der Waals surface area (Å²) in [5.74, 6) is 0.734. The Morgan fingerprint density at radius 3 is 1.53 bits per heavy atom. The van der Waals surface area contributed by atoms with Gasteiger partial charge in [-0.25, -0.2) is 0 Å². The van der Waals surface area contributed by atoms with E-state index in [9.17, 15) is 0 Å². The summed E-state index contributed by atoms with van der Waals surface area (Å²) in [7, 11) is 9.56. The van der Waals surface area contributed by atoms with Crippen LogP contribution in [0.4, 0.5) is 0 Å². The second-order valence-electron chi connectivity index (χ2n) is 5.90. The van der Waals surface area contributed by atoms with E-state index in [-0.39, 0.29) is 0 Å². The molecular weight excluding hydrogens is 225 g/mol. The average molecular weight is 258 g/mol. The molecule has 4 radical (unpaired) electrons. The molecule has 0 nitrogen and oxygen atoms in total. The molecule has 19 heavy (non-hydrogen) atoms. The van der Waals surface area contributed by atoms with Crippen molar-refractivity contribution in [2.24, 2.45) is 0 Å². The summed E-state index contributed by atoms with van der Waals surface area (Å²) < 4.78 is 0. The molecule has 0 amide bonds. The van der Waals surface area contributed by atoms with Crippen LogP contribution in [0.1, 0.15) is 97.3 Å². The molecular formula is C16H33B3. The highest BCUT2D eigenvalue weighted by Crippen LogP contribution is 2.22. The van der Waals surface area contributed by atoms with Gasteiger partial charge in [0.15, 0.2) is 0 Å². The average Bonchev–Trinajstić information content (AvgIpc) is 2.42. The lowest BCUT2D eigenvalue weighted by atomic mass is 9.23. The first-order valence-corrected chi connectivity index (χ1v) is 8.73. The molecule has 0 aromatic carbocycles. The Labute approximate surface area is 125 Å². The SMILES string of the molecule is [B][B][B]C(CCCCCCC)CCCCCCCC. The molecule has 1 atom stereocenters. The van der Waals surface area contributed by atoms with E-state index in [2.05, 4.69) is 21.0 Å². The third kappa shape index (κ3) is 14.4. The van der Waals surface area contributed by atoms with Crippen LogP contribution in [0.15, 0.2) is 0 Å². The first-order valence-electron chi connectivity index (χ1n) is 8.73. The Morgan fingerprint density at radius 1 is 0.684 bits per heavy atom. The van der Waals surface area contributed by atoms with E-state index < -0.39 is 0 Å². The summed E-state index contributed by atoms with van der Waals surface area (Å²) in [6.45, 7) is 4.55. The monoisotopic (exact) mass is 258 g/mol. The second kappa shape index (κ2) is 16.2. The molecule has 0 saturated carbocycles. The molecule has 0 saturated heterocycles. The van der Waals surface area contributed by atoms with E-state index in [1.807, 2.05) is 0 Å². The minimum atomic E-state index is 0.734. The molecule has 0 rings (SSSR count). The standard InChI is InChI=1S/C16H33B3/c1-3-5-7-9-11-13-15-16(18-19-17)14-12-10-8-6-4-2/h16H,3-15H2,1-2H3. The quantitative estimate of drug-likeness (QED) is 0.276. The fourth-order valence-corrected chi connectivity index (χ4v) is 2.69. The normalized spacial score (nSPS) is 12.3. The van der Waals surface area contributed by atoms with E-state index in [1.165, 1.54) is 83.5 Å². The Kier molecular flexibility index (Phi) is 16.4. The molecule has 0 heterocycles. The summed E-state index contributed by atoms with van der Waals surface area (Å²) in [4.78, 5) is 0. The summed E-state index contributed by atoms with van der Waals surface area (Å²) in [5, 5.41) is 0.